The summed E-state index contributed by atoms with van der Waals surface area (Å²) in [6.45, 7) is 16.6. The van der Waals surface area contributed by atoms with E-state index in [4.69, 9.17) is 9.57 Å². The highest BCUT2D eigenvalue weighted by atomic mass is 16.7. The minimum Gasteiger partial charge on any atom is -0.457 e. The summed E-state index contributed by atoms with van der Waals surface area (Å²) in [4.78, 5) is 17.9. The van der Waals surface area contributed by atoms with Gasteiger partial charge in [-0.15, -0.1) is 0 Å². The highest BCUT2D eigenvalue weighted by Crippen LogP contribution is 2.40. The molecule has 0 bridgehead atoms. The van der Waals surface area contributed by atoms with Gasteiger partial charge in [-0.25, -0.2) is 4.79 Å². The summed E-state index contributed by atoms with van der Waals surface area (Å²) in [5, 5.41) is 2.19. The zero-order chi connectivity index (χ0) is 19.5. The molecule has 1 fully saturated rings. The normalized spacial score (nSPS) is 20.4. The molecule has 4 nitrogen and oxygen atoms in total. The van der Waals surface area contributed by atoms with Crippen molar-refractivity contribution in [3.05, 3.63) is 47.5 Å². The predicted octanol–water partition coefficient (Wildman–Crippen LogP) is 5.34. The quantitative estimate of drug-likeness (QED) is 0.507. The van der Waals surface area contributed by atoms with Crippen molar-refractivity contribution in [2.45, 2.75) is 84.6 Å². The summed E-state index contributed by atoms with van der Waals surface area (Å²) in [6.07, 6.45) is 3.46. The van der Waals surface area contributed by atoms with Gasteiger partial charge in [0.05, 0.1) is 0 Å². The largest absolute Gasteiger partial charge is 0.457 e. The molecule has 1 saturated heterocycles. The maximum Gasteiger partial charge on any atom is 0.333 e. The molecule has 1 aromatic rings. The van der Waals surface area contributed by atoms with Crippen LogP contribution in [0.1, 0.15) is 78.0 Å². The van der Waals surface area contributed by atoms with Crippen LogP contribution in [0.2, 0.25) is 0 Å². The highest BCUT2D eigenvalue weighted by Gasteiger charge is 2.43. The van der Waals surface area contributed by atoms with Gasteiger partial charge in [-0.3, -0.25) is 4.84 Å². The molecule has 1 aromatic carbocycles. The molecule has 144 valence electrons. The summed E-state index contributed by atoms with van der Waals surface area (Å²) < 4.78 is 5.19. The average Bonchev–Trinajstić information content (AvgIpc) is 2.55. The van der Waals surface area contributed by atoms with Gasteiger partial charge < -0.3 is 4.74 Å². The van der Waals surface area contributed by atoms with Crippen molar-refractivity contribution in [2.24, 2.45) is 0 Å². The molecule has 0 amide bonds. The van der Waals surface area contributed by atoms with E-state index in [9.17, 15) is 4.79 Å². The highest BCUT2D eigenvalue weighted by molar-refractivity contribution is 5.86. The van der Waals surface area contributed by atoms with Crippen LogP contribution in [0.25, 0.3) is 0 Å². The molecule has 1 aliphatic rings. The maximum absolute atomic E-state index is 11.5. The van der Waals surface area contributed by atoms with Crippen molar-refractivity contribution in [3.63, 3.8) is 0 Å². The van der Waals surface area contributed by atoms with E-state index in [2.05, 4.69) is 46.3 Å². The number of esters is 1. The minimum absolute atomic E-state index is 0.0205. The standard InChI is InChI=1S/C22H33NO3/c1-16(2)20(24)25-15-18-9-11-19(12-10-18)17(3)26-23-21(4,5)13-8-14-22(23,6)7/h9-12,17H,1,8,13-15H2,2-7H3. The van der Waals surface area contributed by atoms with Gasteiger partial charge in [0.1, 0.15) is 12.7 Å². The van der Waals surface area contributed by atoms with E-state index in [-0.39, 0.29) is 29.8 Å². The van der Waals surface area contributed by atoms with Crippen LogP contribution < -0.4 is 0 Å². The van der Waals surface area contributed by atoms with Gasteiger partial charge >= 0.3 is 5.97 Å². The number of rotatable bonds is 6. The fourth-order valence-corrected chi connectivity index (χ4v) is 3.64. The third-order valence-corrected chi connectivity index (χ3v) is 5.11. The summed E-state index contributed by atoms with van der Waals surface area (Å²) in [5.74, 6) is -0.361. The number of benzene rings is 1. The first kappa shape index (κ1) is 20.7. The van der Waals surface area contributed by atoms with Crippen LogP contribution in [0.15, 0.2) is 36.4 Å². The number of carbonyl (C=O) groups is 1. The first-order chi connectivity index (χ1) is 12.0. The zero-order valence-corrected chi connectivity index (χ0v) is 17.1. The predicted molar refractivity (Wildman–Crippen MR) is 104 cm³/mol. The van der Waals surface area contributed by atoms with Gasteiger partial charge in [0, 0.05) is 16.7 Å². The molecule has 1 heterocycles. The number of hydrogen-bond acceptors (Lipinski definition) is 4. The monoisotopic (exact) mass is 359 g/mol. The molecule has 26 heavy (non-hydrogen) atoms. The van der Waals surface area contributed by atoms with Crippen molar-refractivity contribution in [3.8, 4) is 0 Å². The van der Waals surface area contributed by atoms with Crippen molar-refractivity contribution >= 4 is 5.97 Å². The molecule has 0 spiro atoms. The third-order valence-electron chi connectivity index (χ3n) is 5.11. The number of hydroxylamine groups is 2. The lowest BCUT2D eigenvalue weighted by Gasteiger charge is -2.52. The first-order valence-corrected chi connectivity index (χ1v) is 9.41. The summed E-state index contributed by atoms with van der Waals surface area (Å²) >= 11 is 0. The maximum atomic E-state index is 11.5. The molecule has 0 radical (unpaired) electrons. The van der Waals surface area contributed by atoms with E-state index in [0.717, 1.165) is 24.0 Å². The fourth-order valence-electron chi connectivity index (χ4n) is 3.64. The van der Waals surface area contributed by atoms with Crippen LogP contribution in [0.5, 0.6) is 0 Å². The molecule has 1 aliphatic heterocycles. The van der Waals surface area contributed by atoms with E-state index in [1.807, 2.05) is 24.3 Å². The molecule has 0 saturated carbocycles. The average molecular weight is 360 g/mol. The Balaban J connectivity index is 2.02. The SMILES string of the molecule is C=C(C)C(=O)OCc1ccc(C(C)ON2C(C)(C)CCCC2(C)C)cc1. The molecule has 4 heteroatoms. The van der Waals surface area contributed by atoms with Gasteiger partial charge in [-0.05, 0) is 71.9 Å². The summed E-state index contributed by atoms with van der Waals surface area (Å²) in [6, 6.07) is 8.04. The molecule has 1 atom stereocenters. The lowest BCUT2D eigenvalue weighted by atomic mass is 9.82. The Morgan fingerprint density at radius 2 is 1.69 bits per heavy atom. The van der Waals surface area contributed by atoms with Crippen LogP contribution in [-0.2, 0) is 21.0 Å². The second-order valence-corrected chi connectivity index (χ2v) is 8.62. The number of hydrogen-bond donors (Lipinski definition) is 0. The van der Waals surface area contributed by atoms with Crippen LogP contribution in [0, 0.1) is 0 Å². The molecular formula is C22H33NO3. The summed E-state index contributed by atoms with van der Waals surface area (Å²) in [5.41, 5.74) is 2.51. The molecule has 0 aromatic heterocycles. The van der Waals surface area contributed by atoms with Gasteiger partial charge in [0.15, 0.2) is 0 Å². The molecule has 0 aliphatic carbocycles. The topological polar surface area (TPSA) is 38.8 Å². The van der Waals surface area contributed by atoms with Crippen molar-refractivity contribution in [1.29, 1.82) is 0 Å². The van der Waals surface area contributed by atoms with Crippen molar-refractivity contribution in [1.82, 2.24) is 5.06 Å². The van der Waals surface area contributed by atoms with Gasteiger partial charge in [-0.1, -0.05) is 30.8 Å². The Bertz CT molecular complexity index is 630. The number of nitrogens with zero attached hydrogens (tertiary/aromatic N) is 1. The van der Waals surface area contributed by atoms with Crippen LogP contribution >= 0.6 is 0 Å². The van der Waals surface area contributed by atoms with Crippen LogP contribution in [-0.4, -0.2) is 22.1 Å². The fraction of sp³-hybridized carbons (Fsp3) is 0.591. The van der Waals surface area contributed by atoms with Crippen LogP contribution in [0.4, 0.5) is 0 Å². The Morgan fingerprint density at radius 1 is 1.15 bits per heavy atom. The number of ether oxygens (including phenoxy) is 1. The minimum atomic E-state index is -0.361. The number of piperidine rings is 1. The van der Waals surface area contributed by atoms with Gasteiger partial charge in [-0.2, -0.15) is 5.06 Å². The molecule has 0 N–H and O–H groups in total. The van der Waals surface area contributed by atoms with E-state index in [1.165, 1.54) is 6.42 Å². The Kier molecular flexibility index (Phi) is 6.30. The van der Waals surface area contributed by atoms with Crippen molar-refractivity contribution in [2.75, 3.05) is 0 Å². The smallest absolute Gasteiger partial charge is 0.333 e. The number of carbonyl (C=O) groups excluding carboxylic acids is 1. The zero-order valence-electron chi connectivity index (χ0n) is 17.1. The Labute approximate surface area is 158 Å². The lowest BCUT2D eigenvalue weighted by molar-refractivity contribution is -0.304. The van der Waals surface area contributed by atoms with E-state index < -0.39 is 0 Å². The second-order valence-electron chi connectivity index (χ2n) is 8.62. The molecule has 2 rings (SSSR count). The first-order valence-electron chi connectivity index (χ1n) is 9.41. The van der Waals surface area contributed by atoms with Gasteiger partial charge in [0.2, 0.25) is 0 Å². The van der Waals surface area contributed by atoms with E-state index in [0.29, 0.717) is 5.57 Å². The van der Waals surface area contributed by atoms with Crippen LogP contribution in [0.3, 0.4) is 0 Å². The Morgan fingerprint density at radius 3 is 2.19 bits per heavy atom. The molecular weight excluding hydrogens is 326 g/mol. The Hall–Kier alpha value is -1.65. The molecule has 1 unspecified atom stereocenters. The van der Waals surface area contributed by atoms with Gasteiger partial charge in [0.25, 0.3) is 0 Å². The van der Waals surface area contributed by atoms with E-state index >= 15 is 0 Å². The lowest BCUT2D eigenvalue weighted by Crippen LogP contribution is -2.58. The van der Waals surface area contributed by atoms with E-state index in [1.54, 1.807) is 6.92 Å². The summed E-state index contributed by atoms with van der Waals surface area (Å²) in [7, 11) is 0. The third kappa shape index (κ3) is 4.95. The van der Waals surface area contributed by atoms with Crippen molar-refractivity contribution < 1.29 is 14.4 Å². The second kappa shape index (κ2) is 7.93.